The van der Waals surface area contributed by atoms with Gasteiger partial charge < -0.3 is 9.55 Å². The zero-order chi connectivity index (χ0) is 15.1. The van der Waals surface area contributed by atoms with E-state index in [0.29, 0.717) is 0 Å². The number of aryl methyl sites for hydroxylation is 1. The van der Waals surface area contributed by atoms with Crippen molar-refractivity contribution < 1.29 is 4.39 Å². The Bertz CT molecular complexity index is 919. The van der Waals surface area contributed by atoms with Crippen LogP contribution in [0.2, 0.25) is 0 Å². The number of benzene rings is 1. The summed E-state index contributed by atoms with van der Waals surface area (Å²) in [7, 11) is 1.88. The maximum atomic E-state index is 13.7. The highest BCUT2D eigenvalue weighted by atomic mass is 19.1. The summed E-state index contributed by atoms with van der Waals surface area (Å²) in [6, 6.07) is 4.66. The number of imidazole rings is 1. The van der Waals surface area contributed by atoms with E-state index in [-0.39, 0.29) is 11.9 Å². The summed E-state index contributed by atoms with van der Waals surface area (Å²) in [5.41, 5.74) is 2.91. The van der Waals surface area contributed by atoms with Crippen LogP contribution in [-0.4, -0.2) is 24.3 Å². The molecule has 22 heavy (non-hydrogen) atoms. The van der Waals surface area contributed by atoms with Crippen molar-refractivity contribution in [2.45, 2.75) is 6.04 Å². The number of halogens is 1. The molecule has 0 aliphatic carbocycles. The van der Waals surface area contributed by atoms with Crippen LogP contribution in [0.25, 0.3) is 10.9 Å². The molecule has 4 aromatic rings. The number of aromatic nitrogens is 5. The highest BCUT2D eigenvalue weighted by molar-refractivity contribution is 5.84. The largest absolute Gasteiger partial charge is 0.361 e. The van der Waals surface area contributed by atoms with Crippen molar-refractivity contribution in [1.29, 1.82) is 0 Å². The summed E-state index contributed by atoms with van der Waals surface area (Å²) < 4.78 is 17.4. The van der Waals surface area contributed by atoms with Crippen molar-refractivity contribution in [3.8, 4) is 0 Å². The average molecular weight is 295 g/mol. The molecule has 110 valence electrons. The first kappa shape index (κ1) is 12.8. The van der Waals surface area contributed by atoms with Gasteiger partial charge in [-0.15, -0.1) is 0 Å². The maximum absolute atomic E-state index is 13.7. The molecule has 3 heterocycles. The fourth-order valence-corrected chi connectivity index (χ4v) is 2.86. The standard InChI is InChI=1S/C16H14FN5/c1-21-9-11(7-20-21)16(22-5-4-18-10-22)14-8-19-15-3-2-12(17)6-13(14)15/h2-10,16,19H,1H3. The summed E-state index contributed by atoms with van der Waals surface area (Å²) in [5, 5.41) is 5.12. The summed E-state index contributed by atoms with van der Waals surface area (Å²) in [5.74, 6) is -0.246. The van der Waals surface area contributed by atoms with E-state index in [1.54, 1.807) is 29.3 Å². The zero-order valence-electron chi connectivity index (χ0n) is 11.9. The van der Waals surface area contributed by atoms with Crippen LogP contribution in [0, 0.1) is 5.82 Å². The van der Waals surface area contributed by atoms with Gasteiger partial charge in [-0.2, -0.15) is 5.10 Å². The van der Waals surface area contributed by atoms with Crippen molar-refractivity contribution in [2.24, 2.45) is 7.05 Å². The number of rotatable bonds is 3. The van der Waals surface area contributed by atoms with Crippen LogP contribution in [0.3, 0.4) is 0 Å². The quantitative estimate of drug-likeness (QED) is 0.632. The van der Waals surface area contributed by atoms with E-state index in [1.165, 1.54) is 6.07 Å². The normalized spacial score (nSPS) is 12.8. The van der Waals surface area contributed by atoms with Crippen LogP contribution in [-0.2, 0) is 7.05 Å². The third kappa shape index (κ3) is 2.00. The van der Waals surface area contributed by atoms with E-state index in [2.05, 4.69) is 15.1 Å². The predicted octanol–water partition coefficient (Wildman–Crippen LogP) is 2.87. The minimum atomic E-state index is -0.246. The molecule has 0 bridgehead atoms. The fourth-order valence-electron chi connectivity index (χ4n) is 2.86. The molecule has 6 heteroatoms. The maximum Gasteiger partial charge on any atom is 0.123 e. The van der Waals surface area contributed by atoms with Gasteiger partial charge in [0.15, 0.2) is 0 Å². The monoisotopic (exact) mass is 295 g/mol. The van der Waals surface area contributed by atoms with E-state index < -0.39 is 0 Å². The van der Waals surface area contributed by atoms with Crippen LogP contribution < -0.4 is 0 Å². The predicted molar refractivity (Wildman–Crippen MR) is 80.9 cm³/mol. The minimum absolute atomic E-state index is 0.105. The summed E-state index contributed by atoms with van der Waals surface area (Å²) >= 11 is 0. The number of hydrogen-bond donors (Lipinski definition) is 1. The number of fused-ring (bicyclic) bond motifs is 1. The van der Waals surface area contributed by atoms with Crippen LogP contribution in [0.5, 0.6) is 0 Å². The molecule has 1 N–H and O–H groups in total. The Labute approximate surface area is 126 Å². The van der Waals surface area contributed by atoms with E-state index in [9.17, 15) is 4.39 Å². The minimum Gasteiger partial charge on any atom is -0.361 e. The van der Waals surface area contributed by atoms with Gasteiger partial charge in [-0.3, -0.25) is 4.68 Å². The van der Waals surface area contributed by atoms with E-state index in [4.69, 9.17) is 0 Å². The van der Waals surface area contributed by atoms with Gasteiger partial charge in [0, 0.05) is 53.9 Å². The Morgan fingerprint density at radius 1 is 1.32 bits per heavy atom. The number of H-pyrrole nitrogens is 1. The van der Waals surface area contributed by atoms with Crippen LogP contribution in [0.1, 0.15) is 17.2 Å². The van der Waals surface area contributed by atoms with Gasteiger partial charge >= 0.3 is 0 Å². The lowest BCUT2D eigenvalue weighted by Crippen LogP contribution is -2.09. The Hall–Kier alpha value is -2.89. The molecular formula is C16H14FN5. The van der Waals surface area contributed by atoms with Crippen molar-refractivity contribution in [1.82, 2.24) is 24.3 Å². The zero-order valence-corrected chi connectivity index (χ0v) is 11.9. The second-order valence-electron chi connectivity index (χ2n) is 5.29. The van der Waals surface area contributed by atoms with Gasteiger partial charge in [0.05, 0.1) is 18.6 Å². The Morgan fingerprint density at radius 3 is 2.95 bits per heavy atom. The Balaban J connectivity index is 1.95. The first-order valence-electron chi connectivity index (χ1n) is 6.95. The molecule has 0 aliphatic heterocycles. The molecule has 0 amide bonds. The fraction of sp³-hybridized carbons (Fsp3) is 0.125. The lowest BCUT2D eigenvalue weighted by molar-refractivity contribution is 0.629. The van der Waals surface area contributed by atoms with Gasteiger partial charge in [0.1, 0.15) is 5.82 Å². The van der Waals surface area contributed by atoms with Gasteiger partial charge in [0.2, 0.25) is 0 Å². The highest BCUT2D eigenvalue weighted by Crippen LogP contribution is 2.32. The Morgan fingerprint density at radius 2 is 2.23 bits per heavy atom. The third-order valence-electron chi connectivity index (χ3n) is 3.83. The lowest BCUT2D eigenvalue weighted by Gasteiger charge is -2.16. The molecule has 4 rings (SSSR count). The molecule has 5 nitrogen and oxygen atoms in total. The molecule has 1 unspecified atom stereocenters. The van der Waals surface area contributed by atoms with E-state index in [0.717, 1.165) is 22.0 Å². The molecule has 1 aromatic carbocycles. The number of nitrogens with one attached hydrogen (secondary N) is 1. The van der Waals surface area contributed by atoms with Crippen molar-refractivity contribution >= 4 is 10.9 Å². The highest BCUT2D eigenvalue weighted by Gasteiger charge is 2.21. The molecule has 0 saturated carbocycles. The smallest absolute Gasteiger partial charge is 0.123 e. The molecule has 0 radical (unpaired) electrons. The van der Waals surface area contributed by atoms with Crippen LogP contribution >= 0.6 is 0 Å². The number of hydrogen-bond acceptors (Lipinski definition) is 2. The number of nitrogens with zero attached hydrogens (tertiary/aromatic N) is 4. The second kappa shape index (κ2) is 4.84. The SMILES string of the molecule is Cn1cc(C(c2c[nH]c3ccc(F)cc23)n2ccnc2)cn1. The topological polar surface area (TPSA) is 51.4 Å². The van der Waals surface area contributed by atoms with E-state index in [1.807, 2.05) is 36.4 Å². The Kier molecular flexibility index (Phi) is 2.82. The summed E-state index contributed by atoms with van der Waals surface area (Å²) in [4.78, 5) is 7.34. The van der Waals surface area contributed by atoms with Crippen molar-refractivity contribution in [3.63, 3.8) is 0 Å². The molecule has 3 aromatic heterocycles. The molecule has 0 saturated heterocycles. The van der Waals surface area contributed by atoms with Gasteiger partial charge in [0.25, 0.3) is 0 Å². The molecular weight excluding hydrogens is 281 g/mol. The van der Waals surface area contributed by atoms with Crippen LogP contribution in [0.15, 0.2) is 55.5 Å². The lowest BCUT2D eigenvalue weighted by atomic mass is 10.0. The molecule has 0 aliphatic rings. The number of aromatic amines is 1. The van der Waals surface area contributed by atoms with Crippen LogP contribution in [0.4, 0.5) is 4.39 Å². The van der Waals surface area contributed by atoms with Gasteiger partial charge in [-0.1, -0.05) is 0 Å². The molecule has 0 spiro atoms. The molecule has 1 atom stereocenters. The average Bonchev–Trinajstić information content (AvgIpc) is 3.22. The summed E-state index contributed by atoms with van der Waals surface area (Å²) in [6.45, 7) is 0. The van der Waals surface area contributed by atoms with Gasteiger partial charge in [-0.05, 0) is 18.2 Å². The van der Waals surface area contributed by atoms with Crippen molar-refractivity contribution in [2.75, 3.05) is 0 Å². The third-order valence-corrected chi connectivity index (χ3v) is 3.83. The van der Waals surface area contributed by atoms with Crippen molar-refractivity contribution in [3.05, 3.63) is 72.5 Å². The summed E-state index contributed by atoms with van der Waals surface area (Å²) in [6.07, 6.45) is 11.1. The van der Waals surface area contributed by atoms with Gasteiger partial charge in [-0.25, -0.2) is 9.37 Å². The first-order chi connectivity index (χ1) is 10.7. The van der Waals surface area contributed by atoms with E-state index >= 15 is 0 Å². The molecule has 0 fully saturated rings. The second-order valence-corrected chi connectivity index (χ2v) is 5.29. The first-order valence-corrected chi connectivity index (χ1v) is 6.95.